The molecule has 1 aromatic heterocycles. The standard InChI is InChI=1S/C19H28FN/c1-6-9-16(10-7-2)14(4)11-19-17(12-15(5)20)13-18(8-3)21-19/h8,11-13,16,21H,3,6-7,9-10H2,1-2,4-5H3/b14-11+,15-12+. The van der Waals surface area contributed by atoms with Gasteiger partial charge in [0.15, 0.2) is 0 Å². The average molecular weight is 289 g/mol. The summed E-state index contributed by atoms with van der Waals surface area (Å²) in [4.78, 5) is 3.30. The van der Waals surface area contributed by atoms with Gasteiger partial charge in [0, 0.05) is 17.0 Å². The number of H-pyrrole nitrogens is 1. The molecule has 1 heterocycles. The summed E-state index contributed by atoms with van der Waals surface area (Å²) >= 11 is 0. The van der Waals surface area contributed by atoms with Gasteiger partial charge in [-0.15, -0.1) is 0 Å². The molecule has 0 aromatic carbocycles. The lowest BCUT2D eigenvalue weighted by Crippen LogP contribution is -2.01. The van der Waals surface area contributed by atoms with Crippen LogP contribution in [0.15, 0.2) is 24.0 Å². The lowest BCUT2D eigenvalue weighted by Gasteiger charge is -2.16. The minimum Gasteiger partial charge on any atom is -0.355 e. The van der Waals surface area contributed by atoms with E-state index in [0.29, 0.717) is 5.92 Å². The van der Waals surface area contributed by atoms with Gasteiger partial charge in [-0.05, 0) is 56.9 Å². The Hall–Kier alpha value is -1.57. The Morgan fingerprint density at radius 2 is 1.86 bits per heavy atom. The molecule has 0 fully saturated rings. The first-order chi connectivity index (χ1) is 10.0. The molecule has 1 N–H and O–H groups in total. The molecule has 2 heteroatoms. The Balaban J connectivity index is 3.13. The summed E-state index contributed by atoms with van der Waals surface area (Å²) in [5, 5.41) is 0. The van der Waals surface area contributed by atoms with Crippen LogP contribution in [-0.2, 0) is 0 Å². The molecular weight excluding hydrogens is 261 g/mol. The molecule has 0 aliphatic carbocycles. The first-order valence-electron chi connectivity index (χ1n) is 7.89. The van der Waals surface area contributed by atoms with E-state index in [4.69, 9.17) is 0 Å². The van der Waals surface area contributed by atoms with Crippen molar-refractivity contribution in [3.63, 3.8) is 0 Å². The number of aromatic amines is 1. The molecule has 21 heavy (non-hydrogen) atoms. The van der Waals surface area contributed by atoms with E-state index >= 15 is 0 Å². The summed E-state index contributed by atoms with van der Waals surface area (Å²) in [5.74, 6) is 0.425. The van der Waals surface area contributed by atoms with Crippen molar-refractivity contribution in [1.29, 1.82) is 0 Å². The molecule has 116 valence electrons. The average Bonchev–Trinajstić information content (AvgIpc) is 2.80. The van der Waals surface area contributed by atoms with Gasteiger partial charge in [0.25, 0.3) is 0 Å². The largest absolute Gasteiger partial charge is 0.355 e. The van der Waals surface area contributed by atoms with Crippen LogP contribution in [0.4, 0.5) is 4.39 Å². The predicted octanol–water partition coefficient (Wildman–Crippen LogP) is 6.61. The van der Waals surface area contributed by atoms with Crippen molar-refractivity contribution >= 4 is 18.2 Å². The van der Waals surface area contributed by atoms with E-state index in [1.807, 2.05) is 6.07 Å². The van der Waals surface area contributed by atoms with Gasteiger partial charge in [-0.2, -0.15) is 0 Å². The number of hydrogen-bond donors (Lipinski definition) is 1. The Morgan fingerprint density at radius 1 is 1.24 bits per heavy atom. The molecule has 0 bridgehead atoms. The van der Waals surface area contributed by atoms with Crippen LogP contribution in [-0.4, -0.2) is 4.98 Å². The van der Waals surface area contributed by atoms with Gasteiger partial charge in [-0.1, -0.05) is 38.8 Å². The molecule has 0 radical (unpaired) electrons. The summed E-state index contributed by atoms with van der Waals surface area (Å²) in [6.45, 7) is 11.9. The van der Waals surface area contributed by atoms with E-state index in [1.165, 1.54) is 38.2 Å². The van der Waals surface area contributed by atoms with Crippen LogP contribution in [0.25, 0.3) is 18.2 Å². The van der Waals surface area contributed by atoms with Crippen molar-refractivity contribution in [3.05, 3.63) is 41.0 Å². The van der Waals surface area contributed by atoms with E-state index in [0.717, 1.165) is 17.0 Å². The van der Waals surface area contributed by atoms with Gasteiger partial charge in [-0.3, -0.25) is 0 Å². The van der Waals surface area contributed by atoms with Crippen LogP contribution in [0, 0.1) is 5.92 Å². The highest BCUT2D eigenvalue weighted by molar-refractivity contribution is 5.68. The van der Waals surface area contributed by atoms with Crippen molar-refractivity contribution in [2.75, 3.05) is 0 Å². The maximum absolute atomic E-state index is 13.2. The highest BCUT2D eigenvalue weighted by Gasteiger charge is 2.11. The Labute approximate surface area is 128 Å². The Morgan fingerprint density at radius 3 is 2.33 bits per heavy atom. The van der Waals surface area contributed by atoms with Gasteiger partial charge < -0.3 is 4.98 Å². The van der Waals surface area contributed by atoms with Crippen LogP contribution < -0.4 is 0 Å². The summed E-state index contributed by atoms with van der Waals surface area (Å²) in [6, 6.07) is 1.93. The second-order valence-electron chi connectivity index (χ2n) is 5.69. The van der Waals surface area contributed by atoms with Crippen molar-refractivity contribution in [2.45, 2.75) is 53.4 Å². The zero-order valence-corrected chi connectivity index (χ0v) is 13.8. The molecule has 0 saturated carbocycles. The second-order valence-corrected chi connectivity index (χ2v) is 5.69. The third-order valence-corrected chi connectivity index (χ3v) is 3.77. The Kier molecular flexibility index (Phi) is 7.21. The minimum absolute atomic E-state index is 0.185. The molecule has 0 unspecified atom stereocenters. The smallest absolute Gasteiger partial charge is 0.0975 e. The van der Waals surface area contributed by atoms with E-state index < -0.39 is 0 Å². The number of nitrogens with one attached hydrogen (secondary N) is 1. The van der Waals surface area contributed by atoms with E-state index in [1.54, 1.807) is 12.2 Å². The van der Waals surface area contributed by atoms with Gasteiger partial charge in [-0.25, -0.2) is 4.39 Å². The fourth-order valence-corrected chi connectivity index (χ4v) is 2.71. The fraction of sp³-hybridized carbons (Fsp3) is 0.474. The molecule has 0 amide bonds. The first-order valence-corrected chi connectivity index (χ1v) is 7.89. The van der Waals surface area contributed by atoms with Crippen molar-refractivity contribution in [3.8, 4) is 0 Å². The number of rotatable bonds is 8. The minimum atomic E-state index is -0.185. The topological polar surface area (TPSA) is 15.8 Å². The van der Waals surface area contributed by atoms with Crippen LogP contribution in [0.2, 0.25) is 0 Å². The van der Waals surface area contributed by atoms with Gasteiger partial charge in [0.2, 0.25) is 0 Å². The fourth-order valence-electron chi connectivity index (χ4n) is 2.71. The number of allylic oxidation sites excluding steroid dienone is 2. The quantitative estimate of drug-likeness (QED) is 0.554. The molecule has 0 atom stereocenters. The molecule has 0 spiro atoms. The second kappa shape index (κ2) is 8.66. The lowest BCUT2D eigenvalue weighted by molar-refractivity contribution is 0.506. The predicted molar refractivity (Wildman–Crippen MR) is 92.6 cm³/mol. The number of hydrogen-bond acceptors (Lipinski definition) is 0. The normalized spacial score (nSPS) is 13.0. The molecule has 1 nitrogen and oxygen atoms in total. The highest BCUT2D eigenvalue weighted by Crippen LogP contribution is 2.26. The lowest BCUT2D eigenvalue weighted by atomic mass is 9.90. The summed E-state index contributed by atoms with van der Waals surface area (Å²) in [5.41, 5.74) is 4.14. The van der Waals surface area contributed by atoms with Gasteiger partial charge in [0.1, 0.15) is 0 Å². The van der Waals surface area contributed by atoms with Crippen LogP contribution in [0.3, 0.4) is 0 Å². The molecular formula is C19H28FN. The van der Waals surface area contributed by atoms with E-state index in [9.17, 15) is 4.39 Å². The number of aromatic nitrogens is 1. The van der Waals surface area contributed by atoms with Crippen molar-refractivity contribution < 1.29 is 4.39 Å². The summed E-state index contributed by atoms with van der Waals surface area (Å²) in [7, 11) is 0. The highest BCUT2D eigenvalue weighted by atomic mass is 19.1. The van der Waals surface area contributed by atoms with Gasteiger partial charge in [0.05, 0.1) is 5.83 Å². The number of halogens is 1. The zero-order chi connectivity index (χ0) is 15.8. The van der Waals surface area contributed by atoms with Crippen LogP contribution in [0.1, 0.15) is 70.3 Å². The SMILES string of the molecule is C=Cc1cc(/C=C(\C)F)c(/C=C(\C)C(CCC)CCC)[nH]1. The maximum Gasteiger partial charge on any atom is 0.0975 e. The van der Waals surface area contributed by atoms with Crippen molar-refractivity contribution in [2.24, 2.45) is 5.92 Å². The molecule has 0 aliphatic rings. The first kappa shape index (κ1) is 17.5. The van der Waals surface area contributed by atoms with Crippen LogP contribution in [0.5, 0.6) is 0 Å². The monoisotopic (exact) mass is 289 g/mol. The molecule has 1 rings (SSSR count). The summed E-state index contributed by atoms with van der Waals surface area (Å²) < 4.78 is 13.2. The van der Waals surface area contributed by atoms with Crippen LogP contribution >= 0.6 is 0 Å². The zero-order valence-electron chi connectivity index (χ0n) is 13.8. The third kappa shape index (κ3) is 5.37. The molecule has 0 saturated heterocycles. The molecule has 0 aliphatic heterocycles. The third-order valence-electron chi connectivity index (χ3n) is 3.77. The molecule has 1 aromatic rings. The van der Waals surface area contributed by atoms with E-state index in [2.05, 4.69) is 38.4 Å². The van der Waals surface area contributed by atoms with Crippen molar-refractivity contribution in [1.82, 2.24) is 4.98 Å². The van der Waals surface area contributed by atoms with E-state index in [-0.39, 0.29) is 5.83 Å². The Bertz CT molecular complexity index is 510. The summed E-state index contributed by atoms with van der Waals surface area (Å²) in [6.07, 6.45) is 10.3. The maximum atomic E-state index is 13.2. The van der Waals surface area contributed by atoms with Gasteiger partial charge >= 0.3 is 0 Å².